The molecule has 1 N–H and O–H groups in total. The van der Waals surface area contributed by atoms with E-state index < -0.39 is 10.0 Å². The summed E-state index contributed by atoms with van der Waals surface area (Å²) in [5.74, 6) is -0.0553. The van der Waals surface area contributed by atoms with Gasteiger partial charge in [0.25, 0.3) is 16.0 Å². The van der Waals surface area contributed by atoms with Crippen molar-refractivity contribution in [2.75, 3.05) is 4.72 Å². The second-order valence-corrected chi connectivity index (χ2v) is 8.52. The molecule has 27 heavy (non-hydrogen) atoms. The Balaban J connectivity index is 1.57. The molecule has 12 heteroatoms. The van der Waals surface area contributed by atoms with Gasteiger partial charge in [-0.05, 0) is 29.8 Å². The van der Waals surface area contributed by atoms with Crippen LogP contribution in [0.2, 0.25) is 10.0 Å². The molecule has 2 aromatic carbocycles. The minimum absolute atomic E-state index is 0.0193. The van der Waals surface area contributed by atoms with Crippen molar-refractivity contribution in [1.29, 1.82) is 0 Å². The van der Waals surface area contributed by atoms with Gasteiger partial charge in [-0.25, -0.2) is 17.8 Å². The number of halogens is 2. The zero-order valence-corrected chi connectivity index (χ0v) is 16.5. The predicted molar refractivity (Wildman–Crippen MR) is 104 cm³/mol. The molecule has 0 amide bonds. The number of aromatic nitrogens is 5. The summed E-state index contributed by atoms with van der Waals surface area (Å²) in [6.45, 7) is 0.316. The van der Waals surface area contributed by atoms with Crippen LogP contribution in [0.3, 0.4) is 0 Å². The van der Waals surface area contributed by atoms with Gasteiger partial charge < -0.3 is 0 Å². The molecular weight excluding hydrogens is 431 g/mol. The van der Waals surface area contributed by atoms with Crippen molar-refractivity contribution in [2.45, 2.75) is 11.4 Å². The highest BCUT2D eigenvalue weighted by Crippen LogP contribution is 2.23. The number of anilines is 1. The van der Waals surface area contributed by atoms with Gasteiger partial charge in [-0.15, -0.1) is 5.10 Å². The first-order valence-corrected chi connectivity index (χ1v) is 10.5. The predicted octanol–water partition coefficient (Wildman–Crippen LogP) is 3.44. The zero-order chi connectivity index (χ0) is 19.0. The van der Waals surface area contributed by atoms with Crippen molar-refractivity contribution in [3.63, 3.8) is 0 Å². The minimum atomic E-state index is -3.91. The number of hydrogen-bond donors (Lipinski definition) is 1. The maximum absolute atomic E-state index is 12.7. The van der Waals surface area contributed by atoms with E-state index in [9.17, 15) is 8.42 Å². The fraction of sp³-hybridized carbons (Fsp3) is 0.0667. The van der Waals surface area contributed by atoms with Crippen molar-refractivity contribution >= 4 is 61.9 Å². The average Bonchev–Trinajstić information content (AvgIpc) is 3.25. The highest BCUT2D eigenvalue weighted by molar-refractivity contribution is 7.93. The first-order valence-electron chi connectivity index (χ1n) is 7.50. The molecular formula is C15H10Cl2N6O2S2. The molecule has 4 aromatic rings. The summed E-state index contributed by atoms with van der Waals surface area (Å²) in [5, 5.41) is 5.16. The summed E-state index contributed by atoms with van der Waals surface area (Å²) in [4.78, 5) is 4.02. The number of nitrogens with one attached hydrogen (secondary N) is 1. The van der Waals surface area contributed by atoms with Crippen LogP contribution < -0.4 is 4.72 Å². The van der Waals surface area contributed by atoms with Crippen LogP contribution in [-0.4, -0.2) is 31.9 Å². The molecule has 0 atom stereocenters. The normalized spacial score (nSPS) is 11.8. The Morgan fingerprint density at radius 3 is 2.81 bits per heavy atom. The molecule has 2 heterocycles. The molecule has 0 aliphatic rings. The third-order valence-corrected chi connectivity index (χ3v) is 6.14. The van der Waals surface area contributed by atoms with Crippen LogP contribution in [0.4, 0.5) is 5.95 Å². The number of fused-ring (bicyclic) bond motifs is 1. The third kappa shape index (κ3) is 3.74. The van der Waals surface area contributed by atoms with Crippen molar-refractivity contribution in [2.24, 2.45) is 0 Å². The van der Waals surface area contributed by atoms with Gasteiger partial charge in [0.15, 0.2) is 0 Å². The molecule has 2 aromatic heterocycles. The molecule has 0 aliphatic carbocycles. The van der Waals surface area contributed by atoms with Gasteiger partial charge in [-0.3, -0.25) is 0 Å². The largest absolute Gasteiger partial charge is 0.266 e. The number of rotatable bonds is 5. The van der Waals surface area contributed by atoms with Crippen LogP contribution in [-0.2, 0) is 16.6 Å². The monoisotopic (exact) mass is 440 g/mol. The molecule has 8 nitrogen and oxygen atoms in total. The van der Waals surface area contributed by atoms with Gasteiger partial charge in [0.2, 0.25) is 0 Å². The number of nitrogens with zero attached hydrogens (tertiary/aromatic N) is 5. The van der Waals surface area contributed by atoms with Crippen molar-refractivity contribution in [3.8, 4) is 0 Å². The minimum Gasteiger partial charge on any atom is -0.246 e. The molecule has 0 bridgehead atoms. The SMILES string of the molecule is O=S(=O)(Nc1ncn(Cc2ccc(Cl)cc2Cl)n1)c1cccc2nsnc12. The third-order valence-electron chi connectivity index (χ3n) is 3.65. The Morgan fingerprint density at radius 1 is 1.15 bits per heavy atom. The van der Waals surface area contributed by atoms with Crippen LogP contribution in [0.1, 0.15) is 5.56 Å². The lowest BCUT2D eigenvalue weighted by Crippen LogP contribution is -2.15. The number of sulfonamides is 1. The van der Waals surface area contributed by atoms with Crippen LogP contribution in [0.15, 0.2) is 47.6 Å². The zero-order valence-electron chi connectivity index (χ0n) is 13.4. The molecule has 0 radical (unpaired) electrons. The van der Waals surface area contributed by atoms with E-state index in [1.807, 2.05) is 0 Å². The van der Waals surface area contributed by atoms with Gasteiger partial charge in [-0.2, -0.15) is 13.7 Å². The Morgan fingerprint density at radius 2 is 2.00 bits per heavy atom. The Labute approximate surface area is 168 Å². The smallest absolute Gasteiger partial charge is 0.246 e. The van der Waals surface area contributed by atoms with E-state index >= 15 is 0 Å². The lowest BCUT2D eigenvalue weighted by molar-refractivity contribution is 0.601. The highest BCUT2D eigenvalue weighted by Gasteiger charge is 2.21. The maximum Gasteiger partial charge on any atom is 0.266 e. The Hall–Kier alpha value is -2.27. The molecule has 0 fully saturated rings. The van der Waals surface area contributed by atoms with Gasteiger partial charge >= 0.3 is 0 Å². The van der Waals surface area contributed by atoms with E-state index in [2.05, 4.69) is 23.6 Å². The van der Waals surface area contributed by atoms with Gasteiger partial charge in [0.05, 0.1) is 18.3 Å². The van der Waals surface area contributed by atoms with Crippen LogP contribution >= 0.6 is 34.9 Å². The van der Waals surface area contributed by atoms with E-state index in [4.69, 9.17) is 23.2 Å². The van der Waals surface area contributed by atoms with Crippen LogP contribution in [0.25, 0.3) is 11.0 Å². The molecule has 4 rings (SSSR count). The van der Waals surface area contributed by atoms with Crippen molar-refractivity contribution < 1.29 is 8.42 Å². The average molecular weight is 441 g/mol. The van der Waals surface area contributed by atoms with E-state index in [1.54, 1.807) is 30.3 Å². The molecule has 0 spiro atoms. The number of benzene rings is 2. The summed E-state index contributed by atoms with van der Waals surface area (Å²) in [6, 6.07) is 9.86. The van der Waals surface area contributed by atoms with E-state index in [0.717, 1.165) is 17.3 Å². The van der Waals surface area contributed by atoms with Gasteiger partial charge in [0, 0.05) is 10.0 Å². The topological polar surface area (TPSA) is 103 Å². The van der Waals surface area contributed by atoms with E-state index in [1.165, 1.54) is 17.1 Å². The summed E-state index contributed by atoms with van der Waals surface area (Å²) in [6.07, 6.45) is 1.41. The van der Waals surface area contributed by atoms with Crippen LogP contribution in [0, 0.1) is 0 Å². The fourth-order valence-electron chi connectivity index (χ4n) is 2.42. The maximum atomic E-state index is 12.7. The Kier molecular flexibility index (Phi) is 4.72. The standard InChI is InChI=1S/C15H10Cl2N6O2S2/c16-10-5-4-9(11(17)6-10)7-23-8-18-15(19-23)22-27(24,25)13-3-1-2-12-14(13)21-26-20-12/h1-6,8H,7H2,(H,19,22). The summed E-state index contributed by atoms with van der Waals surface area (Å²) < 4.78 is 37.3. The highest BCUT2D eigenvalue weighted by atomic mass is 35.5. The molecule has 0 unspecified atom stereocenters. The molecule has 0 saturated heterocycles. The van der Waals surface area contributed by atoms with Crippen molar-refractivity contribution in [1.82, 2.24) is 23.5 Å². The van der Waals surface area contributed by atoms with E-state index in [0.29, 0.717) is 27.6 Å². The summed E-state index contributed by atoms with van der Waals surface area (Å²) >= 11 is 13.0. The van der Waals surface area contributed by atoms with Crippen LogP contribution in [0.5, 0.6) is 0 Å². The first kappa shape index (κ1) is 18.1. The fourth-order valence-corrected chi connectivity index (χ4v) is 4.60. The lowest BCUT2D eigenvalue weighted by atomic mass is 10.2. The summed E-state index contributed by atoms with van der Waals surface area (Å²) in [5.41, 5.74) is 1.60. The van der Waals surface area contributed by atoms with Gasteiger partial charge in [0.1, 0.15) is 22.3 Å². The number of hydrogen-bond acceptors (Lipinski definition) is 7. The summed E-state index contributed by atoms with van der Waals surface area (Å²) in [7, 11) is -3.91. The Bertz CT molecular complexity index is 1240. The second kappa shape index (κ2) is 7.04. The van der Waals surface area contributed by atoms with Gasteiger partial charge in [-0.1, -0.05) is 35.3 Å². The quantitative estimate of drug-likeness (QED) is 0.509. The molecule has 0 aliphatic heterocycles. The molecule has 0 saturated carbocycles. The van der Waals surface area contributed by atoms with Crippen molar-refractivity contribution in [3.05, 3.63) is 58.3 Å². The molecule has 138 valence electrons. The lowest BCUT2D eigenvalue weighted by Gasteiger charge is -2.05. The van der Waals surface area contributed by atoms with E-state index in [-0.39, 0.29) is 10.8 Å². The second-order valence-electron chi connectivity index (χ2n) is 5.50. The first-order chi connectivity index (χ1) is 12.9.